The van der Waals surface area contributed by atoms with Crippen LogP contribution in [0, 0.1) is 18.6 Å². The van der Waals surface area contributed by atoms with Gasteiger partial charge in [-0.05, 0) is 74.5 Å². The summed E-state index contributed by atoms with van der Waals surface area (Å²) in [6.07, 6.45) is 10.2. The first-order valence-corrected chi connectivity index (χ1v) is 17.6. The number of halogens is 2. The van der Waals surface area contributed by atoms with Crippen molar-refractivity contribution in [3.63, 3.8) is 0 Å². The molecule has 3 heterocycles. The number of fused-ring (bicyclic) bond motifs is 1. The van der Waals surface area contributed by atoms with E-state index in [1.165, 1.54) is 23.1 Å². The minimum Gasteiger partial charge on any atom is -0.385 e. The molecule has 0 unspecified atom stereocenters. The Morgan fingerprint density at radius 3 is 2.35 bits per heavy atom. The van der Waals surface area contributed by atoms with Gasteiger partial charge in [-0.2, -0.15) is 4.98 Å². The average Bonchev–Trinajstić information content (AvgIpc) is 3.64. The smallest absolute Gasteiger partial charge is 0.225 e. The summed E-state index contributed by atoms with van der Waals surface area (Å²) >= 11 is 0. The molecule has 7 nitrogen and oxygen atoms in total. The van der Waals surface area contributed by atoms with Crippen LogP contribution in [0.4, 0.5) is 26.2 Å². The van der Waals surface area contributed by atoms with Crippen molar-refractivity contribution in [2.75, 3.05) is 42.9 Å². The van der Waals surface area contributed by atoms with Crippen molar-refractivity contribution in [1.82, 2.24) is 20.2 Å². The number of anilines is 3. The maximum Gasteiger partial charge on any atom is 0.225 e. The van der Waals surface area contributed by atoms with E-state index in [1.54, 1.807) is 6.08 Å². The number of aliphatic imine (C=N–C) groups is 1. The molecular formula is C40H53F2N7. The van der Waals surface area contributed by atoms with E-state index in [1.807, 2.05) is 59.0 Å². The Kier molecular flexibility index (Phi) is 15.4. The van der Waals surface area contributed by atoms with Gasteiger partial charge in [-0.15, -0.1) is 0 Å². The lowest BCUT2D eigenvalue weighted by Gasteiger charge is -2.30. The highest BCUT2D eigenvalue weighted by molar-refractivity contribution is 5.89. The maximum absolute atomic E-state index is 15.2. The van der Waals surface area contributed by atoms with E-state index in [9.17, 15) is 0 Å². The highest BCUT2D eigenvalue weighted by atomic mass is 19.1. The summed E-state index contributed by atoms with van der Waals surface area (Å²) in [4.78, 5) is 18.0. The molecule has 3 aromatic rings. The molecule has 1 aromatic heterocycles. The molecule has 0 amide bonds. The topological polar surface area (TPSA) is 68.7 Å². The largest absolute Gasteiger partial charge is 0.385 e. The fraction of sp³-hybridized carbons (Fsp3) is 0.375. The van der Waals surface area contributed by atoms with Gasteiger partial charge in [0.15, 0.2) is 5.82 Å². The predicted molar refractivity (Wildman–Crippen MR) is 205 cm³/mol. The molecule has 0 spiro atoms. The molecule has 262 valence electrons. The maximum atomic E-state index is 15.2. The highest BCUT2D eigenvalue weighted by Crippen LogP contribution is 2.42. The van der Waals surface area contributed by atoms with Crippen molar-refractivity contribution in [3.05, 3.63) is 101 Å². The summed E-state index contributed by atoms with van der Waals surface area (Å²) in [6, 6.07) is 9.93. The fourth-order valence-corrected chi connectivity index (χ4v) is 5.54. The van der Waals surface area contributed by atoms with Gasteiger partial charge >= 0.3 is 0 Å². The molecule has 2 aliphatic heterocycles. The number of hydrogen-bond donors (Lipinski definition) is 2. The molecule has 0 fully saturated rings. The summed E-state index contributed by atoms with van der Waals surface area (Å²) in [7, 11) is 0. The van der Waals surface area contributed by atoms with Gasteiger partial charge in [-0.1, -0.05) is 79.0 Å². The fourth-order valence-electron chi connectivity index (χ4n) is 5.54. The second-order valence-electron chi connectivity index (χ2n) is 11.1. The van der Waals surface area contributed by atoms with Crippen LogP contribution in [0.25, 0.3) is 23.0 Å². The molecule has 49 heavy (non-hydrogen) atoms. The lowest BCUT2D eigenvalue weighted by atomic mass is 9.96. The average molecular weight is 670 g/mol. The number of benzene rings is 2. The van der Waals surface area contributed by atoms with Crippen molar-refractivity contribution in [2.24, 2.45) is 4.99 Å². The van der Waals surface area contributed by atoms with Gasteiger partial charge in [0.25, 0.3) is 0 Å². The van der Waals surface area contributed by atoms with E-state index in [2.05, 4.69) is 59.7 Å². The Morgan fingerprint density at radius 1 is 0.980 bits per heavy atom. The summed E-state index contributed by atoms with van der Waals surface area (Å²) in [5.74, 6) is -0.674. The van der Waals surface area contributed by atoms with E-state index in [4.69, 9.17) is 9.97 Å². The van der Waals surface area contributed by atoms with Crippen molar-refractivity contribution < 1.29 is 8.78 Å². The summed E-state index contributed by atoms with van der Waals surface area (Å²) in [5, 5.41) is 6.79. The zero-order valence-electron chi connectivity index (χ0n) is 30.3. The minimum atomic E-state index is -0.703. The molecule has 9 heteroatoms. The van der Waals surface area contributed by atoms with Gasteiger partial charge in [-0.25, -0.2) is 13.8 Å². The van der Waals surface area contributed by atoms with E-state index in [0.29, 0.717) is 41.8 Å². The third kappa shape index (κ3) is 9.72. The van der Waals surface area contributed by atoms with Crippen LogP contribution in [0.5, 0.6) is 0 Å². The van der Waals surface area contributed by atoms with Crippen LogP contribution in [-0.2, 0) is 0 Å². The lowest BCUT2D eigenvalue weighted by Crippen LogP contribution is -2.26. The molecule has 0 radical (unpaired) electrons. The quantitative estimate of drug-likeness (QED) is 0.167. The molecular weight excluding hydrogens is 616 g/mol. The Labute approximate surface area is 292 Å². The molecule has 5 rings (SSSR count). The molecule has 0 saturated heterocycles. The van der Waals surface area contributed by atoms with Crippen LogP contribution in [0.3, 0.4) is 0 Å². The summed E-state index contributed by atoms with van der Waals surface area (Å²) in [6.45, 7) is 26.9. The Morgan fingerprint density at radius 2 is 1.69 bits per heavy atom. The minimum absolute atomic E-state index is 0.227. The van der Waals surface area contributed by atoms with Gasteiger partial charge in [-0.3, -0.25) is 9.89 Å². The zero-order valence-corrected chi connectivity index (χ0v) is 30.3. The van der Waals surface area contributed by atoms with E-state index >= 15 is 8.78 Å². The van der Waals surface area contributed by atoms with Crippen molar-refractivity contribution in [2.45, 2.75) is 67.7 Å². The van der Waals surface area contributed by atoms with E-state index < -0.39 is 11.6 Å². The Bertz CT molecular complexity index is 1650. The number of nitrogens with one attached hydrogen (secondary N) is 2. The van der Waals surface area contributed by atoms with Gasteiger partial charge in [0.2, 0.25) is 5.95 Å². The van der Waals surface area contributed by atoms with Crippen LogP contribution in [0.1, 0.15) is 77.5 Å². The third-order valence-electron chi connectivity index (χ3n) is 8.13. The van der Waals surface area contributed by atoms with Gasteiger partial charge < -0.3 is 15.5 Å². The third-order valence-corrected chi connectivity index (χ3v) is 8.13. The number of nitrogens with zero attached hydrogens (tertiary/aromatic N) is 5. The lowest BCUT2D eigenvalue weighted by molar-refractivity contribution is 0.303. The monoisotopic (exact) mass is 669 g/mol. The number of hydrogen-bond acceptors (Lipinski definition) is 7. The number of para-hydroxylation sites is 1. The predicted octanol–water partition coefficient (Wildman–Crippen LogP) is 9.91. The standard InChI is InChI=1S/C36H41F2N7.2C2H6/c1-6-44(7-2)22-10-20-41-36-42-33(29-17-15-25(4)45(35(29)43-36)34-31(37)12-8-13-32(34)38)30-23-27(16-14-24(30)3)26(5)39-21-18-28-11-9-19-40-28;2*1-2/h8,11-17,19,23,39H,4-7,9-10,18,20-22H2,1-3H3,(H,41,42,43);2*1-2H3. The number of rotatable bonds is 14. The molecule has 0 bridgehead atoms. The number of aryl methyl sites for hydroxylation is 1. The normalized spacial score (nSPS) is 12.9. The first-order chi connectivity index (χ1) is 23.8. The summed E-state index contributed by atoms with van der Waals surface area (Å²) < 4.78 is 30.4. The molecule has 0 aliphatic carbocycles. The van der Waals surface area contributed by atoms with Gasteiger partial charge in [0.1, 0.15) is 17.3 Å². The second-order valence-corrected chi connectivity index (χ2v) is 11.1. The van der Waals surface area contributed by atoms with Crippen molar-refractivity contribution in [3.8, 4) is 11.3 Å². The molecule has 0 atom stereocenters. The van der Waals surface area contributed by atoms with Crippen LogP contribution in [-0.4, -0.2) is 53.8 Å². The highest BCUT2D eigenvalue weighted by Gasteiger charge is 2.29. The van der Waals surface area contributed by atoms with Crippen LogP contribution < -0.4 is 15.5 Å². The van der Waals surface area contributed by atoms with E-state index in [-0.39, 0.29) is 5.69 Å². The van der Waals surface area contributed by atoms with Crippen LogP contribution in [0.2, 0.25) is 0 Å². The molecule has 2 N–H and O–H groups in total. The zero-order chi connectivity index (χ0) is 35.9. The van der Waals surface area contributed by atoms with Crippen molar-refractivity contribution >= 4 is 35.4 Å². The van der Waals surface area contributed by atoms with Crippen LogP contribution in [0.15, 0.2) is 78.1 Å². The van der Waals surface area contributed by atoms with Gasteiger partial charge in [0.05, 0.1) is 5.69 Å². The van der Waals surface area contributed by atoms with Crippen molar-refractivity contribution in [1.29, 1.82) is 0 Å². The Hall–Kier alpha value is -4.63. The second kappa shape index (κ2) is 19.4. The Balaban J connectivity index is 0.00000157. The van der Waals surface area contributed by atoms with Gasteiger partial charge in [0, 0.05) is 60.4 Å². The van der Waals surface area contributed by atoms with Crippen LogP contribution >= 0.6 is 0 Å². The molecule has 0 saturated carbocycles. The SMILES string of the molecule is C=C(NCCC1=CCC=N1)c1ccc(C)c(-c2nc(NCCCN(CC)CC)nc3c2C=CC(=C)N3c2c(F)cccc2F)c1.CC.CC. The number of allylic oxidation sites excluding steroid dienone is 2. The molecule has 2 aromatic carbocycles. The molecule has 2 aliphatic rings. The first kappa shape index (κ1) is 38.8. The summed E-state index contributed by atoms with van der Waals surface area (Å²) in [5.41, 5.74) is 6.11. The van der Waals surface area contributed by atoms with E-state index in [0.717, 1.165) is 67.0 Å². The first-order valence-electron chi connectivity index (χ1n) is 17.6. The number of aromatic nitrogens is 2.